The van der Waals surface area contributed by atoms with E-state index in [2.05, 4.69) is 28.0 Å². The number of ether oxygens (including phenoxy) is 2. The Balaban J connectivity index is 2.69. The van der Waals surface area contributed by atoms with Crippen LogP contribution in [-0.2, 0) is 11.3 Å². The fraction of sp³-hybridized carbons (Fsp3) is 0.471. The molecule has 0 heterocycles. The Morgan fingerprint density at radius 3 is 2.61 bits per heavy atom. The number of halogens is 2. The third-order valence-corrected chi connectivity index (χ3v) is 3.34. The minimum Gasteiger partial charge on any atom is -0.489 e. The molecule has 1 rings (SSSR count). The Morgan fingerprint density at radius 1 is 1.26 bits per heavy atom. The maximum atomic E-state index is 5.85. The van der Waals surface area contributed by atoms with Crippen molar-refractivity contribution in [3.8, 4) is 11.5 Å². The molecule has 0 aliphatic heterocycles. The van der Waals surface area contributed by atoms with Crippen LogP contribution in [0.3, 0.4) is 0 Å². The van der Waals surface area contributed by atoms with Gasteiger partial charge in [-0.3, -0.25) is 0 Å². The molecule has 0 fully saturated rings. The van der Waals surface area contributed by atoms with Gasteiger partial charge in [0.2, 0.25) is 0 Å². The molecule has 0 radical (unpaired) electrons. The van der Waals surface area contributed by atoms with E-state index in [0.717, 1.165) is 34.8 Å². The number of nitrogens with zero attached hydrogens (tertiary/aromatic N) is 1. The fourth-order valence-corrected chi connectivity index (χ4v) is 2.12. The number of aryl methyl sites for hydroxylation is 2. The third kappa shape index (κ3) is 7.75. The van der Waals surface area contributed by atoms with Crippen molar-refractivity contribution in [1.29, 1.82) is 0 Å². The van der Waals surface area contributed by atoms with E-state index >= 15 is 0 Å². The molecule has 0 aliphatic rings. The zero-order valence-corrected chi connectivity index (χ0v) is 16.3. The van der Waals surface area contributed by atoms with E-state index in [1.54, 1.807) is 6.08 Å². The van der Waals surface area contributed by atoms with Gasteiger partial charge in [0, 0.05) is 0 Å². The van der Waals surface area contributed by atoms with Gasteiger partial charge in [0.1, 0.15) is 24.7 Å². The standard InChI is InChI=1S/C17H23BrClNO3/c1-5-14-11-15(21-7-6-16(18)19)10-13(4)17(14)22-8-9-23-20-12(2)3/h6,10-11H,5,7-9H2,1-4H3/b16-6+. The number of benzene rings is 1. The molecular formula is C17H23BrClNO3. The fourth-order valence-electron chi connectivity index (χ4n) is 1.92. The summed E-state index contributed by atoms with van der Waals surface area (Å²) in [6, 6.07) is 3.95. The SMILES string of the molecule is CCc1cc(OC/C=C(/Cl)Br)cc(C)c1OCCON=C(C)C. The summed E-state index contributed by atoms with van der Waals surface area (Å²) in [7, 11) is 0. The molecule has 0 aliphatic carbocycles. The van der Waals surface area contributed by atoms with E-state index in [1.807, 2.05) is 32.9 Å². The summed E-state index contributed by atoms with van der Waals surface area (Å²) in [5.41, 5.74) is 3.02. The van der Waals surface area contributed by atoms with Crippen LogP contribution in [0.4, 0.5) is 0 Å². The second-order valence-electron chi connectivity index (χ2n) is 5.11. The maximum absolute atomic E-state index is 5.85. The maximum Gasteiger partial charge on any atom is 0.151 e. The summed E-state index contributed by atoms with van der Waals surface area (Å²) in [4.78, 5) is 5.14. The molecule has 4 nitrogen and oxygen atoms in total. The lowest BCUT2D eigenvalue weighted by molar-refractivity contribution is 0.106. The Hall–Kier alpha value is -1.20. The van der Waals surface area contributed by atoms with Gasteiger partial charge in [0.05, 0.1) is 9.65 Å². The molecule has 0 aromatic heterocycles. The Morgan fingerprint density at radius 2 is 2.00 bits per heavy atom. The molecular weight excluding hydrogens is 382 g/mol. The highest BCUT2D eigenvalue weighted by Gasteiger charge is 2.09. The van der Waals surface area contributed by atoms with E-state index in [-0.39, 0.29) is 0 Å². The van der Waals surface area contributed by atoms with E-state index in [1.165, 1.54) is 0 Å². The highest BCUT2D eigenvalue weighted by atomic mass is 79.9. The number of oxime groups is 1. The van der Waals surface area contributed by atoms with Gasteiger partial charge in [0.25, 0.3) is 0 Å². The van der Waals surface area contributed by atoms with Gasteiger partial charge >= 0.3 is 0 Å². The number of hydrogen-bond donors (Lipinski definition) is 0. The quantitative estimate of drug-likeness (QED) is 0.322. The molecule has 0 amide bonds. The summed E-state index contributed by atoms with van der Waals surface area (Å²) in [6.07, 6.45) is 2.61. The lowest BCUT2D eigenvalue weighted by Gasteiger charge is -2.15. The van der Waals surface area contributed by atoms with Gasteiger partial charge in [0.15, 0.2) is 6.61 Å². The molecule has 1 aromatic carbocycles. The van der Waals surface area contributed by atoms with Gasteiger partial charge in [-0.05, 0) is 72.5 Å². The first-order chi connectivity index (χ1) is 10.9. The minimum atomic E-state index is 0.412. The molecule has 1 aromatic rings. The zero-order chi connectivity index (χ0) is 17.2. The predicted molar refractivity (Wildman–Crippen MR) is 99.1 cm³/mol. The van der Waals surface area contributed by atoms with Crippen molar-refractivity contribution in [3.05, 3.63) is 33.3 Å². The third-order valence-electron chi connectivity index (χ3n) is 2.86. The summed E-state index contributed by atoms with van der Waals surface area (Å²) in [6.45, 7) is 9.14. The molecule has 6 heteroatoms. The monoisotopic (exact) mass is 403 g/mol. The second-order valence-corrected chi connectivity index (χ2v) is 6.83. The van der Waals surface area contributed by atoms with Gasteiger partial charge in [-0.25, -0.2) is 0 Å². The summed E-state index contributed by atoms with van der Waals surface area (Å²) in [5.74, 6) is 1.69. The van der Waals surface area contributed by atoms with E-state index < -0.39 is 0 Å². The highest BCUT2D eigenvalue weighted by molar-refractivity contribution is 9.12. The lowest BCUT2D eigenvalue weighted by Crippen LogP contribution is -2.08. The van der Waals surface area contributed by atoms with Crippen LogP contribution in [0.5, 0.6) is 11.5 Å². The Bertz CT molecular complexity index is 565. The predicted octanol–water partition coefficient (Wildman–Crippen LogP) is 5.20. The first-order valence-electron chi connectivity index (χ1n) is 7.47. The van der Waals surface area contributed by atoms with Gasteiger partial charge in [-0.15, -0.1) is 0 Å². The zero-order valence-electron chi connectivity index (χ0n) is 14.0. The molecule has 0 spiro atoms. The molecule has 0 saturated heterocycles. The molecule has 128 valence electrons. The van der Waals surface area contributed by atoms with E-state index in [0.29, 0.717) is 23.8 Å². The minimum absolute atomic E-state index is 0.412. The van der Waals surface area contributed by atoms with Crippen LogP contribution in [-0.4, -0.2) is 25.5 Å². The van der Waals surface area contributed by atoms with Crippen LogP contribution < -0.4 is 9.47 Å². The smallest absolute Gasteiger partial charge is 0.151 e. The van der Waals surface area contributed by atoms with Crippen molar-refractivity contribution in [2.75, 3.05) is 19.8 Å². The average molecular weight is 405 g/mol. The van der Waals surface area contributed by atoms with Crippen LogP contribution in [0.25, 0.3) is 0 Å². The normalized spacial score (nSPS) is 11.1. The van der Waals surface area contributed by atoms with E-state index in [4.69, 9.17) is 25.9 Å². The highest BCUT2D eigenvalue weighted by Crippen LogP contribution is 2.29. The van der Waals surface area contributed by atoms with Crippen molar-refractivity contribution in [2.45, 2.75) is 34.1 Å². The van der Waals surface area contributed by atoms with Gasteiger partial charge < -0.3 is 14.3 Å². The van der Waals surface area contributed by atoms with Crippen molar-refractivity contribution in [1.82, 2.24) is 0 Å². The van der Waals surface area contributed by atoms with Crippen LogP contribution in [0.15, 0.2) is 27.3 Å². The molecule has 0 N–H and O–H groups in total. The summed E-state index contributed by atoms with van der Waals surface area (Å²) >= 11 is 8.88. The molecule has 0 atom stereocenters. The first-order valence-corrected chi connectivity index (χ1v) is 8.64. The largest absolute Gasteiger partial charge is 0.489 e. The molecule has 0 bridgehead atoms. The first kappa shape index (κ1) is 19.8. The molecule has 0 unspecified atom stereocenters. The van der Waals surface area contributed by atoms with Crippen molar-refractivity contribution in [2.24, 2.45) is 5.16 Å². The lowest BCUT2D eigenvalue weighted by atomic mass is 10.1. The van der Waals surface area contributed by atoms with Crippen LogP contribution in [0.2, 0.25) is 0 Å². The van der Waals surface area contributed by atoms with Gasteiger partial charge in [-0.1, -0.05) is 23.7 Å². The second kappa shape index (κ2) is 10.6. The van der Waals surface area contributed by atoms with Crippen molar-refractivity contribution in [3.63, 3.8) is 0 Å². The Kier molecular flexibility index (Phi) is 9.10. The van der Waals surface area contributed by atoms with Crippen LogP contribution in [0.1, 0.15) is 31.9 Å². The number of hydrogen-bond acceptors (Lipinski definition) is 4. The van der Waals surface area contributed by atoms with Crippen molar-refractivity contribution >= 4 is 33.2 Å². The van der Waals surface area contributed by atoms with Crippen molar-refractivity contribution < 1.29 is 14.3 Å². The van der Waals surface area contributed by atoms with E-state index in [9.17, 15) is 0 Å². The number of rotatable bonds is 9. The Labute approximate surface area is 151 Å². The molecule has 0 saturated carbocycles. The van der Waals surface area contributed by atoms with Crippen LogP contribution in [0, 0.1) is 6.92 Å². The van der Waals surface area contributed by atoms with Gasteiger partial charge in [-0.2, -0.15) is 0 Å². The topological polar surface area (TPSA) is 40.0 Å². The van der Waals surface area contributed by atoms with Crippen LogP contribution >= 0.6 is 27.5 Å². The summed E-state index contributed by atoms with van der Waals surface area (Å²) < 4.78 is 12.1. The average Bonchev–Trinajstić information content (AvgIpc) is 2.47. The molecule has 23 heavy (non-hydrogen) atoms. The summed E-state index contributed by atoms with van der Waals surface area (Å²) in [5, 5.41) is 3.88.